The molecular formula is C11H16N2O. The van der Waals surface area contributed by atoms with E-state index in [0.29, 0.717) is 0 Å². The van der Waals surface area contributed by atoms with Crippen molar-refractivity contribution in [2.45, 2.75) is 39.5 Å². The van der Waals surface area contributed by atoms with Gasteiger partial charge >= 0.3 is 0 Å². The lowest BCUT2D eigenvalue weighted by Gasteiger charge is -2.24. The predicted octanol–water partition coefficient (Wildman–Crippen LogP) is 1.73. The van der Waals surface area contributed by atoms with Gasteiger partial charge in [-0.15, -0.1) is 0 Å². The van der Waals surface area contributed by atoms with Crippen LogP contribution < -0.4 is 5.56 Å². The number of hydrogen-bond donors (Lipinski definition) is 1. The monoisotopic (exact) mass is 192 g/mol. The topological polar surface area (TPSA) is 45.8 Å². The van der Waals surface area contributed by atoms with E-state index >= 15 is 0 Å². The number of aryl methyl sites for hydroxylation is 1. The molecule has 0 saturated heterocycles. The molecule has 1 aromatic rings. The quantitative estimate of drug-likeness (QED) is 0.775. The van der Waals surface area contributed by atoms with Crippen LogP contribution >= 0.6 is 0 Å². The Morgan fingerprint density at radius 1 is 1.43 bits per heavy atom. The Kier molecular flexibility index (Phi) is 2.40. The molecule has 1 aromatic heterocycles. The molecule has 2 rings (SSSR count). The maximum atomic E-state index is 11.5. The highest BCUT2D eigenvalue weighted by Gasteiger charge is 2.19. The Hall–Kier alpha value is -1.12. The van der Waals surface area contributed by atoms with Gasteiger partial charge in [-0.05, 0) is 19.8 Å². The zero-order chi connectivity index (χ0) is 10.1. The second-order valence-electron chi connectivity index (χ2n) is 4.22. The minimum absolute atomic E-state index is 0.0202. The Bertz CT molecular complexity index is 391. The van der Waals surface area contributed by atoms with Crippen molar-refractivity contribution >= 4 is 0 Å². The molecule has 0 radical (unpaired) electrons. The van der Waals surface area contributed by atoms with Crippen molar-refractivity contribution in [1.82, 2.24) is 9.97 Å². The van der Waals surface area contributed by atoms with E-state index in [-0.39, 0.29) is 5.56 Å². The summed E-state index contributed by atoms with van der Waals surface area (Å²) in [5.74, 6) is 1.61. The highest BCUT2D eigenvalue weighted by Crippen LogP contribution is 2.28. The third-order valence-electron chi connectivity index (χ3n) is 3.15. The van der Waals surface area contributed by atoms with E-state index < -0.39 is 0 Å². The van der Waals surface area contributed by atoms with Gasteiger partial charge in [0.15, 0.2) is 0 Å². The standard InChI is InChI=1S/C11H16N2O/c1-7-8(2)12-10(13-11(7)14)6-9-4-3-5-9/h9H,3-6H2,1-2H3,(H,12,13,14). The predicted molar refractivity (Wildman–Crippen MR) is 55.4 cm³/mol. The number of H-pyrrole nitrogens is 1. The molecule has 14 heavy (non-hydrogen) atoms. The molecule has 0 bridgehead atoms. The van der Waals surface area contributed by atoms with E-state index in [4.69, 9.17) is 0 Å². The molecule has 1 fully saturated rings. The van der Waals surface area contributed by atoms with Crippen LogP contribution in [0.25, 0.3) is 0 Å². The molecule has 0 amide bonds. The minimum atomic E-state index is 0.0202. The highest BCUT2D eigenvalue weighted by molar-refractivity contribution is 5.14. The summed E-state index contributed by atoms with van der Waals surface area (Å²) in [5.41, 5.74) is 1.62. The Labute approximate surface area is 83.6 Å². The van der Waals surface area contributed by atoms with Crippen LogP contribution in [0.5, 0.6) is 0 Å². The van der Waals surface area contributed by atoms with Gasteiger partial charge < -0.3 is 4.98 Å². The molecule has 1 saturated carbocycles. The van der Waals surface area contributed by atoms with Crippen LogP contribution in [0.2, 0.25) is 0 Å². The van der Waals surface area contributed by atoms with Gasteiger partial charge in [0.1, 0.15) is 5.82 Å². The fourth-order valence-electron chi connectivity index (χ4n) is 1.77. The van der Waals surface area contributed by atoms with Crippen LogP contribution in [0.1, 0.15) is 36.3 Å². The summed E-state index contributed by atoms with van der Waals surface area (Å²) in [7, 11) is 0. The zero-order valence-corrected chi connectivity index (χ0v) is 8.76. The van der Waals surface area contributed by atoms with Crippen molar-refractivity contribution in [3.63, 3.8) is 0 Å². The summed E-state index contributed by atoms with van der Waals surface area (Å²) in [5, 5.41) is 0. The summed E-state index contributed by atoms with van der Waals surface area (Å²) in [6.45, 7) is 3.71. The number of nitrogens with zero attached hydrogens (tertiary/aromatic N) is 1. The number of rotatable bonds is 2. The molecular weight excluding hydrogens is 176 g/mol. The summed E-state index contributed by atoms with van der Waals surface area (Å²) in [4.78, 5) is 18.7. The van der Waals surface area contributed by atoms with Crippen LogP contribution in [0, 0.1) is 19.8 Å². The van der Waals surface area contributed by atoms with Gasteiger partial charge in [-0.25, -0.2) is 4.98 Å². The largest absolute Gasteiger partial charge is 0.310 e. The summed E-state index contributed by atoms with van der Waals surface area (Å²) in [6, 6.07) is 0. The van der Waals surface area contributed by atoms with E-state index in [1.54, 1.807) is 0 Å². The molecule has 76 valence electrons. The second-order valence-corrected chi connectivity index (χ2v) is 4.22. The summed E-state index contributed by atoms with van der Waals surface area (Å²) < 4.78 is 0. The smallest absolute Gasteiger partial charge is 0.254 e. The van der Waals surface area contributed by atoms with Gasteiger partial charge in [-0.2, -0.15) is 0 Å². The van der Waals surface area contributed by atoms with Crippen molar-refractivity contribution in [1.29, 1.82) is 0 Å². The first-order chi connectivity index (χ1) is 6.66. The average Bonchev–Trinajstić information content (AvgIpc) is 2.07. The van der Waals surface area contributed by atoms with Gasteiger partial charge in [0.05, 0.1) is 0 Å². The van der Waals surface area contributed by atoms with Gasteiger partial charge in [0.2, 0.25) is 0 Å². The van der Waals surface area contributed by atoms with Crippen LogP contribution in [0.4, 0.5) is 0 Å². The Morgan fingerprint density at radius 3 is 2.64 bits per heavy atom. The van der Waals surface area contributed by atoms with E-state index in [9.17, 15) is 4.79 Å². The van der Waals surface area contributed by atoms with E-state index in [2.05, 4.69) is 9.97 Å². The molecule has 1 aliphatic carbocycles. The van der Waals surface area contributed by atoms with Crippen LogP contribution in [0.3, 0.4) is 0 Å². The number of nitrogens with one attached hydrogen (secondary N) is 1. The molecule has 0 atom stereocenters. The molecule has 0 aliphatic heterocycles. The first-order valence-corrected chi connectivity index (χ1v) is 5.23. The third kappa shape index (κ3) is 1.72. The van der Waals surface area contributed by atoms with Gasteiger partial charge in [0, 0.05) is 17.7 Å². The van der Waals surface area contributed by atoms with Crippen molar-refractivity contribution in [3.8, 4) is 0 Å². The van der Waals surface area contributed by atoms with Crippen molar-refractivity contribution in [3.05, 3.63) is 27.4 Å². The molecule has 1 heterocycles. The third-order valence-corrected chi connectivity index (χ3v) is 3.15. The molecule has 3 nitrogen and oxygen atoms in total. The Balaban J connectivity index is 2.21. The van der Waals surface area contributed by atoms with Crippen LogP contribution in [0.15, 0.2) is 4.79 Å². The van der Waals surface area contributed by atoms with Crippen molar-refractivity contribution in [2.24, 2.45) is 5.92 Å². The van der Waals surface area contributed by atoms with E-state index in [1.165, 1.54) is 19.3 Å². The SMILES string of the molecule is Cc1nc(CC2CCC2)[nH]c(=O)c1C. The lowest BCUT2D eigenvalue weighted by molar-refractivity contribution is 0.309. The zero-order valence-electron chi connectivity index (χ0n) is 8.76. The first kappa shape index (κ1) is 9.44. The van der Waals surface area contributed by atoms with Crippen LogP contribution in [-0.2, 0) is 6.42 Å². The first-order valence-electron chi connectivity index (χ1n) is 5.23. The Morgan fingerprint density at radius 2 is 2.14 bits per heavy atom. The fraction of sp³-hybridized carbons (Fsp3) is 0.636. The van der Waals surface area contributed by atoms with Crippen molar-refractivity contribution < 1.29 is 0 Å². The van der Waals surface area contributed by atoms with E-state index in [1.807, 2.05) is 13.8 Å². The minimum Gasteiger partial charge on any atom is -0.310 e. The lowest BCUT2D eigenvalue weighted by Crippen LogP contribution is -2.21. The van der Waals surface area contributed by atoms with Gasteiger partial charge in [0.25, 0.3) is 5.56 Å². The number of hydrogen-bond acceptors (Lipinski definition) is 2. The summed E-state index contributed by atoms with van der Waals surface area (Å²) in [6.07, 6.45) is 4.85. The number of aromatic amines is 1. The van der Waals surface area contributed by atoms with Gasteiger partial charge in [-0.1, -0.05) is 19.3 Å². The number of aromatic nitrogens is 2. The molecule has 1 N–H and O–H groups in total. The van der Waals surface area contributed by atoms with Crippen molar-refractivity contribution in [2.75, 3.05) is 0 Å². The highest BCUT2D eigenvalue weighted by atomic mass is 16.1. The molecule has 0 unspecified atom stereocenters. The molecule has 0 spiro atoms. The maximum absolute atomic E-state index is 11.5. The second kappa shape index (κ2) is 3.56. The van der Waals surface area contributed by atoms with E-state index in [0.717, 1.165) is 29.4 Å². The molecule has 3 heteroatoms. The van der Waals surface area contributed by atoms with Gasteiger partial charge in [-0.3, -0.25) is 4.79 Å². The normalized spacial score (nSPS) is 16.7. The maximum Gasteiger partial charge on any atom is 0.254 e. The fourth-order valence-corrected chi connectivity index (χ4v) is 1.77. The summed E-state index contributed by atoms with van der Waals surface area (Å²) >= 11 is 0. The lowest BCUT2D eigenvalue weighted by atomic mass is 9.83. The molecule has 1 aliphatic rings. The average molecular weight is 192 g/mol. The van der Waals surface area contributed by atoms with Crippen LogP contribution in [-0.4, -0.2) is 9.97 Å². The molecule has 0 aromatic carbocycles.